The Morgan fingerprint density at radius 2 is 1.46 bits per heavy atom. The molecule has 0 aliphatic heterocycles. The monoisotopic (exact) mass is 498 g/mol. The first-order valence-electron chi connectivity index (χ1n) is 7.89. The first-order valence-corrected chi connectivity index (χ1v) is 10.9. The maximum Gasteiger partial charge on any atom is 0.261 e. The van der Waals surface area contributed by atoms with Crippen LogP contribution in [0.1, 0.15) is 10.4 Å². The van der Waals surface area contributed by atoms with E-state index in [9.17, 15) is 13.2 Å². The number of nitrogens with one attached hydrogen (secondary N) is 2. The predicted molar refractivity (Wildman–Crippen MR) is 116 cm³/mol. The Hall–Kier alpha value is -2.06. The van der Waals surface area contributed by atoms with Gasteiger partial charge in [0.2, 0.25) is 0 Å². The molecule has 3 aromatic carbocycles. The van der Waals surface area contributed by atoms with Crippen LogP contribution in [-0.2, 0) is 10.0 Å². The highest BCUT2D eigenvalue weighted by molar-refractivity contribution is 9.10. The summed E-state index contributed by atoms with van der Waals surface area (Å²) in [6, 6.07) is 17.0. The van der Waals surface area contributed by atoms with Crippen LogP contribution in [0.3, 0.4) is 0 Å². The molecular formula is C19H13BrCl2N2O3S. The maximum absolute atomic E-state index is 12.7. The lowest BCUT2D eigenvalue weighted by atomic mass is 10.1. The van der Waals surface area contributed by atoms with E-state index in [1.54, 1.807) is 36.4 Å². The molecule has 2 N–H and O–H groups in total. The van der Waals surface area contributed by atoms with Crippen molar-refractivity contribution in [3.63, 3.8) is 0 Å². The SMILES string of the molecule is O=C(Nc1ccc(Cl)cc1)c1cc(Cl)ccc1NS(=O)(=O)c1ccc(Br)cc1. The molecule has 0 spiro atoms. The molecule has 144 valence electrons. The average Bonchev–Trinajstić information content (AvgIpc) is 2.65. The zero-order valence-electron chi connectivity index (χ0n) is 14.1. The van der Waals surface area contributed by atoms with Gasteiger partial charge in [-0.25, -0.2) is 8.42 Å². The summed E-state index contributed by atoms with van der Waals surface area (Å²) in [6.07, 6.45) is 0. The molecule has 0 aliphatic carbocycles. The van der Waals surface area contributed by atoms with Gasteiger partial charge in [0.25, 0.3) is 15.9 Å². The topological polar surface area (TPSA) is 75.3 Å². The van der Waals surface area contributed by atoms with Gasteiger partial charge in [-0.1, -0.05) is 39.1 Å². The van der Waals surface area contributed by atoms with Crippen molar-refractivity contribution in [3.8, 4) is 0 Å². The summed E-state index contributed by atoms with van der Waals surface area (Å²) in [6.45, 7) is 0. The van der Waals surface area contributed by atoms with Crippen molar-refractivity contribution < 1.29 is 13.2 Å². The van der Waals surface area contributed by atoms with Crippen molar-refractivity contribution in [2.45, 2.75) is 4.90 Å². The largest absolute Gasteiger partial charge is 0.322 e. The normalized spacial score (nSPS) is 11.1. The van der Waals surface area contributed by atoms with Crippen LogP contribution in [0, 0.1) is 0 Å². The molecule has 0 saturated carbocycles. The van der Waals surface area contributed by atoms with Gasteiger partial charge in [-0.05, 0) is 66.7 Å². The number of carbonyl (C=O) groups is 1. The summed E-state index contributed by atoms with van der Waals surface area (Å²) in [5, 5.41) is 3.52. The Bertz CT molecular complexity index is 1120. The van der Waals surface area contributed by atoms with Gasteiger partial charge >= 0.3 is 0 Å². The molecule has 0 bridgehead atoms. The number of rotatable bonds is 5. The predicted octanol–water partition coefficient (Wildman–Crippen LogP) is 5.81. The zero-order chi connectivity index (χ0) is 20.3. The van der Waals surface area contributed by atoms with Crippen molar-refractivity contribution in [1.82, 2.24) is 0 Å². The Labute approximate surface area is 180 Å². The summed E-state index contributed by atoms with van der Waals surface area (Å²) in [4.78, 5) is 12.8. The van der Waals surface area contributed by atoms with E-state index in [2.05, 4.69) is 26.0 Å². The molecule has 5 nitrogen and oxygen atoms in total. The number of hydrogen-bond acceptors (Lipinski definition) is 3. The number of anilines is 2. The molecule has 28 heavy (non-hydrogen) atoms. The average molecular weight is 500 g/mol. The molecule has 0 fully saturated rings. The van der Waals surface area contributed by atoms with Gasteiger partial charge in [0.15, 0.2) is 0 Å². The van der Waals surface area contributed by atoms with Crippen LogP contribution >= 0.6 is 39.1 Å². The van der Waals surface area contributed by atoms with E-state index in [0.717, 1.165) is 4.47 Å². The Morgan fingerprint density at radius 1 is 0.857 bits per heavy atom. The van der Waals surface area contributed by atoms with E-state index in [0.29, 0.717) is 15.7 Å². The van der Waals surface area contributed by atoms with Gasteiger partial charge in [-0.15, -0.1) is 0 Å². The number of halogens is 3. The fourth-order valence-corrected chi connectivity index (χ4v) is 3.98. The third-order valence-electron chi connectivity index (χ3n) is 3.70. The van der Waals surface area contributed by atoms with Crippen LogP contribution in [0.25, 0.3) is 0 Å². The van der Waals surface area contributed by atoms with Crippen LogP contribution in [0.5, 0.6) is 0 Å². The zero-order valence-corrected chi connectivity index (χ0v) is 18.0. The third-order valence-corrected chi connectivity index (χ3v) is 6.09. The first-order chi connectivity index (χ1) is 13.2. The van der Waals surface area contributed by atoms with E-state index >= 15 is 0 Å². The van der Waals surface area contributed by atoms with Crippen molar-refractivity contribution in [2.24, 2.45) is 0 Å². The lowest BCUT2D eigenvalue weighted by molar-refractivity contribution is 0.102. The number of hydrogen-bond donors (Lipinski definition) is 2. The summed E-state index contributed by atoms with van der Waals surface area (Å²) in [7, 11) is -3.89. The smallest absolute Gasteiger partial charge is 0.261 e. The standard InChI is InChI=1S/C19H13BrCl2N2O3S/c20-12-1-8-16(9-2-12)28(26,27)24-18-10-5-14(22)11-17(18)19(25)23-15-6-3-13(21)4-7-15/h1-11,24H,(H,23,25). The van der Waals surface area contributed by atoms with Crippen molar-refractivity contribution in [2.75, 3.05) is 10.0 Å². The fourth-order valence-electron chi connectivity index (χ4n) is 2.34. The lowest BCUT2D eigenvalue weighted by Crippen LogP contribution is -2.18. The second kappa shape index (κ2) is 8.53. The highest BCUT2D eigenvalue weighted by Gasteiger charge is 2.19. The number of amides is 1. The number of carbonyl (C=O) groups excluding carboxylic acids is 1. The van der Waals surface area contributed by atoms with Gasteiger partial charge in [-0.3, -0.25) is 9.52 Å². The Morgan fingerprint density at radius 3 is 2.11 bits per heavy atom. The first kappa shape index (κ1) is 20.7. The van der Waals surface area contributed by atoms with E-state index < -0.39 is 15.9 Å². The molecule has 0 heterocycles. The molecule has 0 unspecified atom stereocenters. The Balaban J connectivity index is 1.91. The molecule has 9 heteroatoms. The molecular weight excluding hydrogens is 487 g/mol. The molecule has 3 rings (SSSR count). The van der Waals surface area contributed by atoms with Gasteiger partial charge in [0.05, 0.1) is 16.1 Å². The molecule has 0 aliphatic rings. The summed E-state index contributed by atoms with van der Waals surface area (Å²) < 4.78 is 28.5. The van der Waals surface area contributed by atoms with E-state index in [1.807, 2.05) is 0 Å². The van der Waals surface area contributed by atoms with E-state index in [1.165, 1.54) is 30.3 Å². The summed E-state index contributed by atoms with van der Waals surface area (Å²) in [5.41, 5.74) is 0.706. The molecule has 0 saturated heterocycles. The molecule has 0 radical (unpaired) electrons. The van der Waals surface area contributed by atoms with Crippen molar-refractivity contribution >= 4 is 66.4 Å². The number of sulfonamides is 1. The van der Waals surface area contributed by atoms with Crippen LogP contribution in [0.4, 0.5) is 11.4 Å². The summed E-state index contributed by atoms with van der Waals surface area (Å²) in [5.74, 6) is -0.515. The highest BCUT2D eigenvalue weighted by Crippen LogP contribution is 2.25. The van der Waals surface area contributed by atoms with Gasteiger partial charge in [0.1, 0.15) is 0 Å². The Kier molecular flexibility index (Phi) is 6.30. The quantitative estimate of drug-likeness (QED) is 0.465. The van der Waals surface area contributed by atoms with Crippen molar-refractivity contribution in [1.29, 1.82) is 0 Å². The van der Waals surface area contributed by atoms with Crippen LogP contribution in [0.2, 0.25) is 10.0 Å². The van der Waals surface area contributed by atoms with Gasteiger partial charge < -0.3 is 5.32 Å². The van der Waals surface area contributed by atoms with Crippen LogP contribution < -0.4 is 10.0 Å². The minimum atomic E-state index is -3.89. The number of benzene rings is 3. The molecule has 3 aromatic rings. The van der Waals surface area contributed by atoms with E-state index in [-0.39, 0.29) is 16.1 Å². The second-order valence-electron chi connectivity index (χ2n) is 5.71. The van der Waals surface area contributed by atoms with Gasteiger partial charge in [-0.2, -0.15) is 0 Å². The maximum atomic E-state index is 12.7. The highest BCUT2D eigenvalue weighted by atomic mass is 79.9. The van der Waals surface area contributed by atoms with Crippen molar-refractivity contribution in [3.05, 3.63) is 86.8 Å². The van der Waals surface area contributed by atoms with E-state index in [4.69, 9.17) is 23.2 Å². The molecule has 0 aromatic heterocycles. The van der Waals surface area contributed by atoms with Crippen LogP contribution in [-0.4, -0.2) is 14.3 Å². The molecule has 1 amide bonds. The molecule has 0 atom stereocenters. The van der Waals surface area contributed by atoms with Gasteiger partial charge in [0, 0.05) is 20.2 Å². The fraction of sp³-hybridized carbons (Fsp3) is 0. The minimum Gasteiger partial charge on any atom is -0.322 e. The minimum absolute atomic E-state index is 0.0645. The van der Waals surface area contributed by atoms with Crippen LogP contribution in [0.15, 0.2) is 76.1 Å². The third kappa shape index (κ3) is 5.05. The summed E-state index contributed by atoms with van der Waals surface area (Å²) >= 11 is 15.1. The lowest BCUT2D eigenvalue weighted by Gasteiger charge is -2.13. The second-order valence-corrected chi connectivity index (χ2v) is 9.18.